The third-order valence-corrected chi connectivity index (χ3v) is 5.01. The number of amides is 1. The van der Waals surface area contributed by atoms with Gasteiger partial charge in [-0.05, 0) is 30.4 Å². The summed E-state index contributed by atoms with van der Waals surface area (Å²) in [6.45, 7) is 2.00. The number of rotatable bonds is 3. The van der Waals surface area contributed by atoms with Gasteiger partial charge in [0.15, 0.2) is 0 Å². The lowest BCUT2D eigenvalue weighted by Crippen LogP contribution is -2.40. The highest BCUT2D eigenvalue weighted by Crippen LogP contribution is 2.50. The molecule has 1 amide bonds. The molecule has 3 rings (SSSR count). The molecule has 0 aliphatic heterocycles. The lowest BCUT2D eigenvalue weighted by Gasteiger charge is -2.38. The van der Waals surface area contributed by atoms with Crippen LogP contribution in [0.4, 0.5) is 0 Å². The van der Waals surface area contributed by atoms with Crippen molar-refractivity contribution in [3.63, 3.8) is 0 Å². The van der Waals surface area contributed by atoms with Crippen molar-refractivity contribution in [2.45, 2.75) is 57.3 Å². The predicted molar refractivity (Wildman–Crippen MR) is 86.0 cm³/mol. The van der Waals surface area contributed by atoms with Crippen LogP contribution in [-0.2, 0) is 16.6 Å². The molecule has 2 aliphatic rings. The Morgan fingerprint density at radius 2 is 2.05 bits per heavy atom. The largest absolute Gasteiger partial charge is 0.328 e. The SMILES string of the molecule is CCCC(=O)NC1=C(C#N)Cc2ccccc2C12CCCC2. The van der Waals surface area contributed by atoms with Gasteiger partial charge >= 0.3 is 0 Å². The summed E-state index contributed by atoms with van der Waals surface area (Å²) in [6.07, 6.45) is 6.33. The fourth-order valence-corrected chi connectivity index (χ4v) is 4.06. The Labute approximate surface area is 132 Å². The van der Waals surface area contributed by atoms with Crippen molar-refractivity contribution >= 4 is 5.91 Å². The summed E-state index contributed by atoms with van der Waals surface area (Å²) in [4.78, 5) is 12.2. The highest BCUT2D eigenvalue weighted by atomic mass is 16.1. The number of nitriles is 1. The lowest BCUT2D eigenvalue weighted by molar-refractivity contribution is -0.120. The van der Waals surface area contributed by atoms with Gasteiger partial charge in [0.1, 0.15) is 0 Å². The van der Waals surface area contributed by atoms with Gasteiger partial charge in [-0.15, -0.1) is 0 Å². The molecule has 0 saturated heterocycles. The van der Waals surface area contributed by atoms with Crippen LogP contribution in [0.25, 0.3) is 0 Å². The summed E-state index contributed by atoms with van der Waals surface area (Å²) in [5.74, 6) is 0.0379. The molecule has 3 heteroatoms. The van der Waals surface area contributed by atoms with Gasteiger partial charge < -0.3 is 5.32 Å². The Hall–Kier alpha value is -2.08. The average molecular weight is 294 g/mol. The van der Waals surface area contributed by atoms with Crippen LogP contribution in [0.3, 0.4) is 0 Å². The zero-order chi connectivity index (χ0) is 15.6. The van der Waals surface area contributed by atoms with E-state index in [1.54, 1.807) is 0 Å². The molecule has 0 radical (unpaired) electrons. The molecule has 114 valence electrons. The van der Waals surface area contributed by atoms with Gasteiger partial charge in [-0.1, -0.05) is 44.0 Å². The highest BCUT2D eigenvalue weighted by molar-refractivity contribution is 5.79. The summed E-state index contributed by atoms with van der Waals surface area (Å²) in [5.41, 5.74) is 4.05. The number of nitrogens with zero attached hydrogens (tertiary/aromatic N) is 1. The molecule has 0 atom stereocenters. The van der Waals surface area contributed by atoms with Crippen LogP contribution in [0.5, 0.6) is 0 Å². The van der Waals surface area contributed by atoms with E-state index in [1.807, 2.05) is 13.0 Å². The molecule has 2 aliphatic carbocycles. The molecule has 1 aromatic carbocycles. The first-order valence-electron chi connectivity index (χ1n) is 8.23. The first-order chi connectivity index (χ1) is 10.7. The number of nitrogens with one attached hydrogen (secondary N) is 1. The van der Waals surface area contributed by atoms with Gasteiger partial charge in [-0.25, -0.2) is 0 Å². The van der Waals surface area contributed by atoms with E-state index in [0.717, 1.165) is 43.4 Å². The standard InChI is InChI=1S/C19H22N2O/c1-2-7-17(22)21-18-15(13-20)12-14-8-3-4-9-16(14)19(18)10-5-6-11-19/h3-4,8-9H,2,5-7,10-12H2,1H3,(H,21,22). The second-order valence-electron chi connectivity index (χ2n) is 6.39. The van der Waals surface area contributed by atoms with Crippen LogP contribution in [0.1, 0.15) is 56.6 Å². The molecule has 0 heterocycles. The normalized spacial score (nSPS) is 18.9. The number of carbonyl (C=O) groups is 1. The molecule has 1 aromatic rings. The summed E-state index contributed by atoms with van der Waals surface area (Å²) in [7, 11) is 0. The maximum absolute atomic E-state index is 12.2. The van der Waals surface area contributed by atoms with Gasteiger partial charge in [0.25, 0.3) is 0 Å². The summed E-state index contributed by atoms with van der Waals surface area (Å²) in [5, 5.41) is 12.7. The molecule has 0 unspecified atom stereocenters. The number of carbonyl (C=O) groups excluding carboxylic acids is 1. The van der Waals surface area contributed by atoms with Crippen molar-refractivity contribution < 1.29 is 4.79 Å². The van der Waals surface area contributed by atoms with Crippen LogP contribution < -0.4 is 5.32 Å². The van der Waals surface area contributed by atoms with Gasteiger partial charge in [0, 0.05) is 24.0 Å². The highest BCUT2D eigenvalue weighted by Gasteiger charge is 2.45. The molecule has 0 aromatic heterocycles. The third kappa shape index (κ3) is 2.33. The smallest absolute Gasteiger partial charge is 0.224 e. The Morgan fingerprint density at radius 1 is 1.32 bits per heavy atom. The van der Waals surface area contributed by atoms with E-state index in [4.69, 9.17) is 0 Å². The minimum absolute atomic E-state index is 0.0379. The maximum atomic E-state index is 12.2. The summed E-state index contributed by atoms with van der Waals surface area (Å²) >= 11 is 0. The van der Waals surface area contributed by atoms with E-state index in [-0.39, 0.29) is 11.3 Å². The number of benzene rings is 1. The van der Waals surface area contributed by atoms with E-state index in [0.29, 0.717) is 12.8 Å². The van der Waals surface area contributed by atoms with E-state index in [2.05, 4.69) is 29.6 Å². The van der Waals surface area contributed by atoms with Crippen molar-refractivity contribution in [1.29, 1.82) is 5.26 Å². The molecule has 22 heavy (non-hydrogen) atoms. The molecule has 1 spiro atoms. The number of allylic oxidation sites excluding steroid dienone is 2. The van der Waals surface area contributed by atoms with Crippen LogP contribution in [-0.4, -0.2) is 5.91 Å². The quantitative estimate of drug-likeness (QED) is 0.923. The molecule has 1 saturated carbocycles. The molecule has 0 bridgehead atoms. The van der Waals surface area contributed by atoms with Crippen LogP contribution in [0, 0.1) is 11.3 Å². The number of hydrogen-bond acceptors (Lipinski definition) is 2. The molecular formula is C19H22N2O. The van der Waals surface area contributed by atoms with E-state index in [9.17, 15) is 10.1 Å². The van der Waals surface area contributed by atoms with Crippen LogP contribution in [0.2, 0.25) is 0 Å². The van der Waals surface area contributed by atoms with Gasteiger partial charge in [-0.2, -0.15) is 5.26 Å². The zero-order valence-electron chi connectivity index (χ0n) is 13.1. The Morgan fingerprint density at radius 3 is 2.73 bits per heavy atom. The Balaban J connectivity index is 2.09. The zero-order valence-corrected chi connectivity index (χ0v) is 13.1. The second-order valence-corrected chi connectivity index (χ2v) is 6.39. The predicted octanol–water partition coefficient (Wildman–Crippen LogP) is 3.75. The molecule has 1 N–H and O–H groups in total. The van der Waals surface area contributed by atoms with Gasteiger partial charge in [-0.3, -0.25) is 4.79 Å². The van der Waals surface area contributed by atoms with E-state index in [1.165, 1.54) is 11.1 Å². The van der Waals surface area contributed by atoms with Crippen LogP contribution in [0.15, 0.2) is 35.5 Å². The maximum Gasteiger partial charge on any atom is 0.224 e. The number of hydrogen-bond donors (Lipinski definition) is 1. The van der Waals surface area contributed by atoms with Crippen molar-refractivity contribution in [2.24, 2.45) is 0 Å². The van der Waals surface area contributed by atoms with Crippen molar-refractivity contribution in [3.05, 3.63) is 46.7 Å². The minimum Gasteiger partial charge on any atom is -0.328 e. The Bertz CT molecular complexity index is 660. The topological polar surface area (TPSA) is 52.9 Å². The Kier molecular flexibility index (Phi) is 4.02. The summed E-state index contributed by atoms with van der Waals surface area (Å²) in [6, 6.07) is 10.8. The van der Waals surface area contributed by atoms with Crippen molar-refractivity contribution in [1.82, 2.24) is 5.32 Å². The molecular weight excluding hydrogens is 272 g/mol. The summed E-state index contributed by atoms with van der Waals surface area (Å²) < 4.78 is 0. The fraction of sp³-hybridized carbons (Fsp3) is 0.474. The minimum atomic E-state index is -0.149. The third-order valence-electron chi connectivity index (χ3n) is 5.01. The van der Waals surface area contributed by atoms with Gasteiger partial charge in [0.2, 0.25) is 5.91 Å². The first-order valence-corrected chi connectivity index (χ1v) is 8.23. The number of fused-ring (bicyclic) bond motifs is 2. The van der Waals surface area contributed by atoms with Gasteiger partial charge in [0.05, 0.1) is 11.6 Å². The van der Waals surface area contributed by atoms with E-state index < -0.39 is 0 Å². The fourth-order valence-electron chi connectivity index (χ4n) is 4.06. The van der Waals surface area contributed by atoms with Crippen molar-refractivity contribution in [3.8, 4) is 6.07 Å². The monoisotopic (exact) mass is 294 g/mol. The van der Waals surface area contributed by atoms with E-state index >= 15 is 0 Å². The second kappa shape index (κ2) is 5.96. The first kappa shape index (κ1) is 14.8. The van der Waals surface area contributed by atoms with Crippen molar-refractivity contribution in [2.75, 3.05) is 0 Å². The molecule has 1 fully saturated rings. The molecule has 3 nitrogen and oxygen atoms in total. The average Bonchev–Trinajstić information content (AvgIpc) is 3.01. The van der Waals surface area contributed by atoms with Crippen LogP contribution >= 0.6 is 0 Å². The lowest BCUT2D eigenvalue weighted by atomic mass is 9.68.